The Morgan fingerprint density at radius 2 is 1.87 bits per heavy atom. The Labute approximate surface area is 173 Å². The predicted octanol–water partition coefficient (Wildman–Crippen LogP) is -3.43. The van der Waals surface area contributed by atoms with Gasteiger partial charge in [0.05, 0.1) is 25.5 Å². The number of carbonyl (C=O) groups is 4. The van der Waals surface area contributed by atoms with Crippen LogP contribution in [0.4, 0.5) is 0 Å². The molecule has 1 rings (SSSR count). The van der Waals surface area contributed by atoms with Gasteiger partial charge >= 0.3 is 5.97 Å². The molecule has 0 aromatic carbocycles. The topological polar surface area (TPSA) is 226 Å². The zero-order chi connectivity index (χ0) is 22.5. The first-order valence-electron chi connectivity index (χ1n) is 9.42. The molecule has 13 heteroatoms. The zero-order valence-electron chi connectivity index (χ0n) is 16.5. The van der Waals surface area contributed by atoms with E-state index in [4.69, 9.17) is 11.5 Å². The Bertz CT molecular complexity index is 697. The first-order valence-corrected chi connectivity index (χ1v) is 9.42. The molecule has 168 valence electrons. The van der Waals surface area contributed by atoms with E-state index < -0.39 is 55.0 Å². The van der Waals surface area contributed by atoms with E-state index in [2.05, 4.69) is 25.9 Å². The van der Waals surface area contributed by atoms with Crippen LogP contribution in [0.3, 0.4) is 0 Å². The van der Waals surface area contributed by atoms with Crippen LogP contribution in [0.25, 0.3) is 0 Å². The highest BCUT2D eigenvalue weighted by Gasteiger charge is 2.25. The van der Waals surface area contributed by atoms with Crippen LogP contribution in [0.15, 0.2) is 12.5 Å². The highest BCUT2D eigenvalue weighted by molar-refractivity contribution is 5.92. The number of rotatable bonds is 14. The summed E-state index contributed by atoms with van der Waals surface area (Å²) in [4.78, 5) is 53.9. The maximum absolute atomic E-state index is 12.1. The first-order chi connectivity index (χ1) is 14.3. The molecule has 3 unspecified atom stereocenters. The van der Waals surface area contributed by atoms with Crippen molar-refractivity contribution < 1.29 is 29.4 Å². The third kappa shape index (κ3) is 8.98. The van der Waals surface area contributed by atoms with Crippen LogP contribution in [-0.4, -0.2) is 81.7 Å². The highest BCUT2D eigenvalue weighted by Crippen LogP contribution is 2.00. The van der Waals surface area contributed by atoms with Gasteiger partial charge in [-0.3, -0.25) is 14.4 Å². The number of aromatic amines is 1. The normalized spacial score (nSPS) is 13.7. The Kier molecular flexibility index (Phi) is 11.0. The van der Waals surface area contributed by atoms with Gasteiger partial charge in [-0.1, -0.05) is 6.42 Å². The summed E-state index contributed by atoms with van der Waals surface area (Å²) in [5, 5.41) is 25.4. The van der Waals surface area contributed by atoms with E-state index in [1.165, 1.54) is 12.5 Å². The number of nitrogens with one attached hydrogen (secondary N) is 4. The number of amides is 3. The number of H-pyrrole nitrogens is 1. The summed E-state index contributed by atoms with van der Waals surface area (Å²) in [6, 6.07) is -3.39. The van der Waals surface area contributed by atoms with E-state index in [-0.39, 0.29) is 6.42 Å². The lowest BCUT2D eigenvalue weighted by atomic mass is 10.1. The predicted molar refractivity (Wildman–Crippen MR) is 105 cm³/mol. The van der Waals surface area contributed by atoms with Crippen molar-refractivity contribution in [2.75, 3.05) is 19.7 Å². The molecule has 1 aromatic rings. The van der Waals surface area contributed by atoms with Crippen molar-refractivity contribution in [1.29, 1.82) is 0 Å². The molecule has 0 bridgehead atoms. The van der Waals surface area contributed by atoms with Crippen LogP contribution < -0.4 is 27.4 Å². The smallest absolute Gasteiger partial charge is 0.326 e. The summed E-state index contributed by atoms with van der Waals surface area (Å²) in [5.74, 6) is -3.43. The molecule has 0 saturated heterocycles. The molecule has 0 aliphatic heterocycles. The number of aromatic nitrogens is 2. The fourth-order valence-corrected chi connectivity index (χ4v) is 2.46. The van der Waals surface area contributed by atoms with Crippen molar-refractivity contribution in [3.63, 3.8) is 0 Å². The third-order valence-electron chi connectivity index (χ3n) is 4.16. The largest absolute Gasteiger partial charge is 0.480 e. The summed E-state index contributed by atoms with van der Waals surface area (Å²) >= 11 is 0. The van der Waals surface area contributed by atoms with Crippen LogP contribution in [0.5, 0.6) is 0 Å². The second-order valence-electron chi connectivity index (χ2n) is 6.59. The van der Waals surface area contributed by atoms with Crippen LogP contribution in [0, 0.1) is 0 Å². The van der Waals surface area contributed by atoms with E-state index >= 15 is 0 Å². The number of carboxylic acids is 1. The van der Waals surface area contributed by atoms with Gasteiger partial charge < -0.3 is 42.6 Å². The minimum atomic E-state index is -1.30. The number of imidazole rings is 1. The molecule has 0 spiro atoms. The molecule has 0 aliphatic rings. The number of carbonyl (C=O) groups excluding carboxylic acids is 3. The number of aliphatic carboxylic acids is 1. The van der Waals surface area contributed by atoms with Gasteiger partial charge in [0.15, 0.2) is 0 Å². The molecule has 10 N–H and O–H groups in total. The van der Waals surface area contributed by atoms with Crippen molar-refractivity contribution >= 4 is 23.7 Å². The van der Waals surface area contributed by atoms with Gasteiger partial charge in [0.25, 0.3) is 0 Å². The third-order valence-corrected chi connectivity index (χ3v) is 4.16. The molecule has 1 aromatic heterocycles. The summed E-state index contributed by atoms with van der Waals surface area (Å²) in [7, 11) is 0. The van der Waals surface area contributed by atoms with E-state index in [1.807, 2.05) is 0 Å². The molecule has 0 radical (unpaired) electrons. The average molecular weight is 427 g/mol. The molecule has 1 heterocycles. The standard InChI is InChI=1S/C17H29N7O6/c18-4-2-1-3-11(19)15(27)24-13(8-25)16(28)21-7-14(26)23-12(17(29)30)5-10-6-20-9-22-10/h6,9,11-13,25H,1-5,7-8,18-19H2,(H,20,22)(H,21,28)(H,23,26)(H,24,27)(H,29,30). The van der Waals surface area contributed by atoms with Crippen molar-refractivity contribution in [2.45, 2.75) is 43.8 Å². The second-order valence-corrected chi connectivity index (χ2v) is 6.59. The fraction of sp³-hybridized carbons (Fsp3) is 0.588. The van der Waals surface area contributed by atoms with Gasteiger partial charge in [0.1, 0.15) is 12.1 Å². The number of aliphatic hydroxyl groups excluding tert-OH is 1. The second kappa shape index (κ2) is 13.2. The number of carboxylic acid groups (broad SMARTS) is 1. The van der Waals surface area contributed by atoms with E-state index in [1.54, 1.807) is 0 Å². The average Bonchev–Trinajstić information content (AvgIpc) is 3.22. The Morgan fingerprint density at radius 3 is 2.43 bits per heavy atom. The summed E-state index contributed by atoms with van der Waals surface area (Å²) in [6.07, 6.45) is 4.51. The Morgan fingerprint density at radius 1 is 1.13 bits per heavy atom. The summed E-state index contributed by atoms with van der Waals surface area (Å²) in [6.45, 7) is -0.768. The van der Waals surface area contributed by atoms with Crippen LogP contribution in [0.1, 0.15) is 25.0 Å². The number of nitrogens with zero attached hydrogens (tertiary/aromatic N) is 1. The van der Waals surface area contributed by atoms with Gasteiger partial charge in [-0.25, -0.2) is 9.78 Å². The maximum atomic E-state index is 12.1. The minimum absolute atomic E-state index is 0.0214. The van der Waals surface area contributed by atoms with E-state index in [0.717, 1.165) is 0 Å². The van der Waals surface area contributed by atoms with Crippen LogP contribution in [0.2, 0.25) is 0 Å². The SMILES string of the molecule is NCCCCC(N)C(=O)NC(CO)C(=O)NCC(=O)NC(Cc1cnc[nH]1)C(=O)O. The molecule has 30 heavy (non-hydrogen) atoms. The van der Waals surface area contributed by atoms with Crippen LogP contribution >= 0.6 is 0 Å². The molecular weight excluding hydrogens is 398 g/mol. The Balaban J connectivity index is 2.47. The van der Waals surface area contributed by atoms with Crippen molar-refractivity contribution in [2.24, 2.45) is 11.5 Å². The maximum Gasteiger partial charge on any atom is 0.326 e. The fourth-order valence-electron chi connectivity index (χ4n) is 2.46. The number of hydrogen-bond acceptors (Lipinski definition) is 8. The lowest BCUT2D eigenvalue weighted by Gasteiger charge is -2.19. The molecule has 0 aliphatic carbocycles. The Hall–Kier alpha value is -3.03. The molecule has 3 amide bonds. The number of hydrogen-bond donors (Lipinski definition) is 8. The lowest BCUT2D eigenvalue weighted by Crippen LogP contribution is -2.55. The number of unbranched alkanes of at least 4 members (excludes halogenated alkanes) is 1. The van der Waals surface area contributed by atoms with Crippen LogP contribution in [-0.2, 0) is 25.6 Å². The van der Waals surface area contributed by atoms with Gasteiger partial charge in [0, 0.05) is 18.3 Å². The van der Waals surface area contributed by atoms with Crippen molar-refractivity contribution in [3.8, 4) is 0 Å². The van der Waals surface area contributed by atoms with E-state index in [9.17, 15) is 29.4 Å². The van der Waals surface area contributed by atoms with Gasteiger partial charge in [-0.2, -0.15) is 0 Å². The minimum Gasteiger partial charge on any atom is -0.480 e. The molecule has 0 saturated carbocycles. The van der Waals surface area contributed by atoms with Crippen molar-refractivity contribution in [3.05, 3.63) is 18.2 Å². The van der Waals surface area contributed by atoms with Gasteiger partial charge in [-0.05, 0) is 19.4 Å². The van der Waals surface area contributed by atoms with E-state index in [0.29, 0.717) is 31.5 Å². The molecule has 0 fully saturated rings. The lowest BCUT2D eigenvalue weighted by molar-refractivity contribution is -0.141. The molecule has 13 nitrogen and oxygen atoms in total. The first kappa shape index (κ1) is 25.0. The summed E-state index contributed by atoms with van der Waals surface area (Å²) in [5.41, 5.74) is 11.6. The number of aliphatic hydroxyl groups is 1. The quantitative estimate of drug-likeness (QED) is 0.138. The van der Waals surface area contributed by atoms with Gasteiger partial charge in [-0.15, -0.1) is 0 Å². The molecule has 3 atom stereocenters. The highest BCUT2D eigenvalue weighted by atomic mass is 16.4. The van der Waals surface area contributed by atoms with Gasteiger partial charge in [0.2, 0.25) is 17.7 Å². The monoisotopic (exact) mass is 427 g/mol. The number of nitrogens with two attached hydrogens (primary N) is 2. The summed E-state index contributed by atoms with van der Waals surface area (Å²) < 4.78 is 0. The van der Waals surface area contributed by atoms with Crippen molar-refractivity contribution in [1.82, 2.24) is 25.9 Å². The molecular formula is C17H29N7O6. The zero-order valence-corrected chi connectivity index (χ0v) is 16.5.